The van der Waals surface area contributed by atoms with Crippen LogP contribution in [0, 0.1) is 5.82 Å². The Morgan fingerprint density at radius 1 is 1.29 bits per heavy atom. The third-order valence-corrected chi connectivity index (χ3v) is 3.43. The van der Waals surface area contributed by atoms with Crippen molar-refractivity contribution in [3.05, 3.63) is 53.3 Å². The maximum absolute atomic E-state index is 13.8. The molecule has 2 aromatic carbocycles. The summed E-state index contributed by atoms with van der Waals surface area (Å²) in [4.78, 5) is 12.2. The Hall–Kier alpha value is -2.27. The van der Waals surface area contributed by atoms with E-state index in [0.29, 0.717) is 12.3 Å². The monoisotopic (exact) mass is 306 g/mol. The summed E-state index contributed by atoms with van der Waals surface area (Å²) in [5.74, 6) is -0.495. The fraction of sp³-hybridized carbons (Fsp3) is 0.133. The molecule has 0 radical (unpaired) electrons. The molecule has 2 aromatic rings. The smallest absolute Gasteiger partial charge is 0.267 e. The molecular formula is C15H12ClFN2O2. The summed E-state index contributed by atoms with van der Waals surface area (Å²) in [6.45, 7) is 0.311. The molecule has 1 amide bonds. The molecule has 0 saturated heterocycles. The summed E-state index contributed by atoms with van der Waals surface area (Å²) in [7, 11) is 0. The van der Waals surface area contributed by atoms with Crippen LogP contribution in [0.25, 0.3) is 0 Å². The summed E-state index contributed by atoms with van der Waals surface area (Å²) in [5, 5.41) is 5.55. The molecule has 0 bridgehead atoms. The van der Waals surface area contributed by atoms with Gasteiger partial charge in [-0.1, -0.05) is 29.8 Å². The number of fused-ring (bicyclic) bond motifs is 1. The van der Waals surface area contributed by atoms with E-state index in [-0.39, 0.29) is 10.7 Å². The first kappa shape index (κ1) is 13.7. The van der Waals surface area contributed by atoms with Crippen LogP contribution in [0.15, 0.2) is 42.5 Å². The van der Waals surface area contributed by atoms with Crippen molar-refractivity contribution in [1.29, 1.82) is 0 Å². The van der Waals surface area contributed by atoms with E-state index in [1.807, 2.05) is 18.2 Å². The second-order valence-electron chi connectivity index (χ2n) is 4.57. The van der Waals surface area contributed by atoms with Crippen molar-refractivity contribution in [2.24, 2.45) is 0 Å². The molecule has 1 heterocycles. The number of hydrogen-bond donors (Lipinski definition) is 2. The van der Waals surface area contributed by atoms with E-state index in [1.54, 1.807) is 12.1 Å². The number of anilines is 2. The maximum atomic E-state index is 13.8. The van der Waals surface area contributed by atoms with Crippen LogP contribution in [0.2, 0.25) is 5.02 Å². The van der Waals surface area contributed by atoms with Gasteiger partial charge in [0.1, 0.15) is 5.75 Å². The molecule has 6 heteroatoms. The van der Waals surface area contributed by atoms with E-state index in [0.717, 1.165) is 5.69 Å². The third kappa shape index (κ3) is 2.78. The zero-order chi connectivity index (χ0) is 14.8. The Balaban J connectivity index is 1.74. The van der Waals surface area contributed by atoms with Crippen molar-refractivity contribution in [1.82, 2.24) is 0 Å². The molecule has 3 rings (SSSR count). The Bertz CT molecular complexity index is 693. The van der Waals surface area contributed by atoms with Crippen LogP contribution in [-0.4, -0.2) is 18.6 Å². The number of benzene rings is 2. The fourth-order valence-electron chi connectivity index (χ4n) is 2.07. The van der Waals surface area contributed by atoms with Gasteiger partial charge in [0.05, 0.1) is 22.9 Å². The van der Waals surface area contributed by atoms with Crippen molar-refractivity contribution in [3.63, 3.8) is 0 Å². The maximum Gasteiger partial charge on any atom is 0.267 e. The SMILES string of the molecule is O=C(Nc1cccc(Cl)c1F)C1CNc2ccccc2O1. The van der Waals surface area contributed by atoms with Crippen LogP contribution < -0.4 is 15.4 Å². The first-order valence-electron chi connectivity index (χ1n) is 6.39. The zero-order valence-corrected chi connectivity index (χ0v) is 11.7. The topological polar surface area (TPSA) is 50.4 Å². The van der Waals surface area contributed by atoms with Gasteiger partial charge in [0, 0.05) is 0 Å². The number of ether oxygens (including phenoxy) is 1. The second-order valence-corrected chi connectivity index (χ2v) is 4.98. The Labute approximate surface area is 125 Å². The molecule has 1 aliphatic rings. The lowest BCUT2D eigenvalue weighted by molar-refractivity contribution is -0.122. The molecule has 21 heavy (non-hydrogen) atoms. The minimum absolute atomic E-state index is 0.0370. The summed E-state index contributed by atoms with van der Waals surface area (Å²) >= 11 is 5.68. The van der Waals surface area contributed by atoms with Gasteiger partial charge in [-0.25, -0.2) is 4.39 Å². The second kappa shape index (κ2) is 5.61. The third-order valence-electron chi connectivity index (χ3n) is 3.14. The van der Waals surface area contributed by atoms with Gasteiger partial charge in [0.2, 0.25) is 0 Å². The molecule has 0 aliphatic carbocycles. The Morgan fingerprint density at radius 2 is 2.10 bits per heavy atom. The van der Waals surface area contributed by atoms with Gasteiger partial charge in [-0.3, -0.25) is 4.79 Å². The molecular weight excluding hydrogens is 295 g/mol. The minimum atomic E-state index is -0.738. The summed E-state index contributed by atoms with van der Waals surface area (Å²) in [6, 6.07) is 11.7. The molecule has 0 aromatic heterocycles. The quantitative estimate of drug-likeness (QED) is 0.895. The Morgan fingerprint density at radius 3 is 2.95 bits per heavy atom. The van der Waals surface area contributed by atoms with E-state index in [4.69, 9.17) is 16.3 Å². The number of carbonyl (C=O) groups excluding carboxylic acids is 1. The highest BCUT2D eigenvalue weighted by Gasteiger charge is 2.26. The first-order valence-corrected chi connectivity index (χ1v) is 6.77. The van der Waals surface area contributed by atoms with E-state index >= 15 is 0 Å². The standard InChI is InChI=1S/C15H12ClFN2O2/c16-9-4-3-6-11(14(9)17)19-15(20)13-8-18-10-5-1-2-7-12(10)21-13/h1-7,13,18H,8H2,(H,19,20). The normalized spacial score (nSPS) is 16.4. The largest absolute Gasteiger partial charge is 0.477 e. The zero-order valence-electron chi connectivity index (χ0n) is 10.9. The van der Waals surface area contributed by atoms with Gasteiger partial charge < -0.3 is 15.4 Å². The average Bonchev–Trinajstić information content (AvgIpc) is 2.51. The number of halogens is 2. The van der Waals surface area contributed by atoms with Crippen LogP contribution in [0.5, 0.6) is 5.75 Å². The molecule has 0 spiro atoms. The van der Waals surface area contributed by atoms with E-state index < -0.39 is 17.8 Å². The van der Waals surface area contributed by atoms with Crippen LogP contribution in [0.1, 0.15) is 0 Å². The molecule has 2 N–H and O–H groups in total. The van der Waals surface area contributed by atoms with E-state index in [1.165, 1.54) is 12.1 Å². The number of hydrogen-bond acceptors (Lipinski definition) is 3. The number of rotatable bonds is 2. The first-order chi connectivity index (χ1) is 10.1. The van der Waals surface area contributed by atoms with Crippen molar-refractivity contribution >= 4 is 28.9 Å². The minimum Gasteiger partial charge on any atom is -0.477 e. The van der Waals surface area contributed by atoms with Crippen LogP contribution >= 0.6 is 11.6 Å². The lowest BCUT2D eigenvalue weighted by Gasteiger charge is -2.26. The number of nitrogens with one attached hydrogen (secondary N) is 2. The molecule has 1 aliphatic heterocycles. The molecule has 1 atom stereocenters. The van der Waals surface area contributed by atoms with Gasteiger partial charge in [0.15, 0.2) is 11.9 Å². The predicted octanol–water partition coefficient (Wildman–Crippen LogP) is 3.29. The highest BCUT2D eigenvalue weighted by molar-refractivity contribution is 6.31. The number of amides is 1. The average molecular weight is 307 g/mol. The highest BCUT2D eigenvalue weighted by Crippen LogP contribution is 2.29. The summed E-state index contributed by atoms with van der Waals surface area (Å²) in [6.07, 6.45) is -0.738. The van der Waals surface area contributed by atoms with Crippen LogP contribution in [0.3, 0.4) is 0 Å². The van der Waals surface area contributed by atoms with Crippen LogP contribution in [-0.2, 0) is 4.79 Å². The molecule has 4 nitrogen and oxygen atoms in total. The summed E-state index contributed by atoms with van der Waals surface area (Å²) in [5.41, 5.74) is 0.866. The molecule has 0 fully saturated rings. The molecule has 0 saturated carbocycles. The van der Waals surface area contributed by atoms with E-state index in [9.17, 15) is 9.18 Å². The van der Waals surface area contributed by atoms with Crippen LogP contribution in [0.4, 0.5) is 15.8 Å². The predicted molar refractivity (Wildman–Crippen MR) is 79.4 cm³/mol. The molecule has 108 valence electrons. The van der Waals surface area contributed by atoms with Crippen molar-refractivity contribution < 1.29 is 13.9 Å². The highest BCUT2D eigenvalue weighted by atomic mass is 35.5. The lowest BCUT2D eigenvalue weighted by Crippen LogP contribution is -2.41. The summed E-state index contributed by atoms with van der Waals surface area (Å²) < 4.78 is 19.4. The van der Waals surface area contributed by atoms with Gasteiger partial charge in [-0.15, -0.1) is 0 Å². The number of para-hydroxylation sites is 2. The molecule has 1 unspecified atom stereocenters. The van der Waals surface area contributed by atoms with Crippen molar-refractivity contribution in [3.8, 4) is 5.75 Å². The number of carbonyl (C=O) groups is 1. The Kier molecular flexibility index (Phi) is 3.66. The van der Waals surface area contributed by atoms with Gasteiger partial charge in [0.25, 0.3) is 5.91 Å². The fourth-order valence-corrected chi connectivity index (χ4v) is 2.25. The van der Waals surface area contributed by atoms with Crippen molar-refractivity contribution in [2.45, 2.75) is 6.10 Å². The van der Waals surface area contributed by atoms with E-state index in [2.05, 4.69) is 10.6 Å². The lowest BCUT2D eigenvalue weighted by atomic mass is 10.2. The van der Waals surface area contributed by atoms with Gasteiger partial charge >= 0.3 is 0 Å². The van der Waals surface area contributed by atoms with Gasteiger partial charge in [-0.2, -0.15) is 0 Å². The van der Waals surface area contributed by atoms with Gasteiger partial charge in [-0.05, 0) is 24.3 Å². The van der Waals surface area contributed by atoms with Crippen molar-refractivity contribution in [2.75, 3.05) is 17.2 Å².